The van der Waals surface area contributed by atoms with Crippen LogP contribution in [0.3, 0.4) is 0 Å². The number of para-hydroxylation sites is 1. The monoisotopic (exact) mass is 411 g/mol. The molecule has 158 valence electrons. The van der Waals surface area contributed by atoms with Crippen molar-refractivity contribution in [2.45, 2.75) is 19.9 Å². The van der Waals surface area contributed by atoms with Crippen molar-refractivity contribution in [3.05, 3.63) is 59.3 Å². The van der Waals surface area contributed by atoms with Gasteiger partial charge in [0.05, 0.1) is 32.4 Å². The van der Waals surface area contributed by atoms with Gasteiger partial charge in [-0.3, -0.25) is 4.79 Å². The molecule has 3 rings (SSSR count). The van der Waals surface area contributed by atoms with Crippen LogP contribution in [0.2, 0.25) is 0 Å². The number of methoxy groups -OCH3 is 2. The zero-order valence-corrected chi connectivity index (χ0v) is 17.4. The van der Waals surface area contributed by atoms with E-state index >= 15 is 0 Å². The summed E-state index contributed by atoms with van der Waals surface area (Å²) in [6.45, 7) is 4.15. The fraction of sp³-hybridized carbons (Fsp3) is 0.273. The lowest BCUT2D eigenvalue weighted by molar-refractivity contribution is -0.113. The molecule has 0 saturated heterocycles. The highest BCUT2D eigenvalue weighted by Crippen LogP contribution is 2.39. The fourth-order valence-corrected chi connectivity index (χ4v) is 3.37. The first-order chi connectivity index (χ1) is 14.5. The Morgan fingerprint density at radius 1 is 1.10 bits per heavy atom. The van der Waals surface area contributed by atoms with Crippen molar-refractivity contribution in [1.82, 2.24) is 10.6 Å². The Bertz CT molecular complexity index is 969. The predicted octanol–water partition coefficient (Wildman–Crippen LogP) is 3.37. The van der Waals surface area contributed by atoms with Gasteiger partial charge >= 0.3 is 6.03 Å². The van der Waals surface area contributed by atoms with Crippen LogP contribution in [0.25, 0.3) is 0 Å². The number of carbonyl (C=O) groups is 2. The first kappa shape index (κ1) is 21.0. The lowest BCUT2D eigenvalue weighted by Crippen LogP contribution is -2.46. The second-order valence-electron chi connectivity index (χ2n) is 6.56. The highest BCUT2D eigenvalue weighted by molar-refractivity contribution is 6.07. The van der Waals surface area contributed by atoms with Gasteiger partial charge in [-0.1, -0.05) is 12.1 Å². The second kappa shape index (κ2) is 9.21. The number of rotatable bonds is 7. The number of nitrogens with one attached hydrogen (secondary N) is 3. The van der Waals surface area contributed by atoms with E-state index in [-0.39, 0.29) is 5.91 Å². The van der Waals surface area contributed by atoms with Gasteiger partial charge in [-0.15, -0.1) is 0 Å². The molecule has 0 unspecified atom stereocenters. The minimum Gasteiger partial charge on any atom is -0.494 e. The van der Waals surface area contributed by atoms with Crippen LogP contribution in [-0.4, -0.2) is 32.8 Å². The topological polar surface area (TPSA) is 97.9 Å². The molecule has 30 heavy (non-hydrogen) atoms. The molecule has 1 heterocycles. The number of carbonyl (C=O) groups excluding carboxylic acids is 2. The molecule has 1 aliphatic heterocycles. The maximum Gasteiger partial charge on any atom is 0.319 e. The predicted molar refractivity (Wildman–Crippen MR) is 113 cm³/mol. The summed E-state index contributed by atoms with van der Waals surface area (Å²) in [6, 6.07) is 11.3. The van der Waals surface area contributed by atoms with E-state index in [4.69, 9.17) is 14.2 Å². The van der Waals surface area contributed by atoms with E-state index < -0.39 is 12.1 Å². The Balaban J connectivity index is 1.95. The van der Waals surface area contributed by atoms with Crippen LogP contribution in [0.5, 0.6) is 17.2 Å². The molecular formula is C22H25N3O5. The van der Waals surface area contributed by atoms with Gasteiger partial charge in [0.25, 0.3) is 5.91 Å². The highest BCUT2D eigenvalue weighted by atomic mass is 16.5. The Morgan fingerprint density at radius 3 is 2.47 bits per heavy atom. The van der Waals surface area contributed by atoms with Crippen molar-refractivity contribution in [3.8, 4) is 17.2 Å². The zero-order valence-electron chi connectivity index (χ0n) is 17.4. The van der Waals surface area contributed by atoms with Crippen molar-refractivity contribution in [2.75, 3.05) is 26.1 Å². The van der Waals surface area contributed by atoms with Crippen molar-refractivity contribution in [1.29, 1.82) is 0 Å². The smallest absolute Gasteiger partial charge is 0.319 e. The van der Waals surface area contributed by atoms with Crippen LogP contribution in [0.15, 0.2) is 53.7 Å². The van der Waals surface area contributed by atoms with Crippen LogP contribution in [0.4, 0.5) is 10.5 Å². The number of urea groups is 1. The van der Waals surface area contributed by atoms with Gasteiger partial charge in [0, 0.05) is 16.9 Å². The average molecular weight is 411 g/mol. The summed E-state index contributed by atoms with van der Waals surface area (Å²) in [5.74, 6) is 1.33. The van der Waals surface area contributed by atoms with Gasteiger partial charge in [-0.2, -0.15) is 0 Å². The number of anilines is 1. The van der Waals surface area contributed by atoms with E-state index in [0.717, 1.165) is 5.75 Å². The molecular weight excluding hydrogens is 386 g/mol. The van der Waals surface area contributed by atoms with E-state index in [1.54, 1.807) is 49.4 Å². The summed E-state index contributed by atoms with van der Waals surface area (Å²) >= 11 is 0. The number of allylic oxidation sites excluding steroid dienone is 1. The third kappa shape index (κ3) is 4.32. The molecule has 8 nitrogen and oxygen atoms in total. The quantitative estimate of drug-likeness (QED) is 0.649. The molecule has 8 heteroatoms. The third-order valence-corrected chi connectivity index (χ3v) is 4.68. The van der Waals surface area contributed by atoms with E-state index in [9.17, 15) is 9.59 Å². The normalized spacial score (nSPS) is 15.7. The molecule has 0 saturated carbocycles. The van der Waals surface area contributed by atoms with Crippen LogP contribution in [0.1, 0.15) is 25.5 Å². The largest absolute Gasteiger partial charge is 0.494 e. The molecule has 0 aliphatic carbocycles. The maximum absolute atomic E-state index is 13.2. The van der Waals surface area contributed by atoms with Crippen molar-refractivity contribution in [2.24, 2.45) is 0 Å². The molecule has 0 bridgehead atoms. The minimum atomic E-state index is -0.716. The van der Waals surface area contributed by atoms with Gasteiger partial charge in [0.15, 0.2) is 11.5 Å². The third-order valence-electron chi connectivity index (χ3n) is 4.68. The second-order valence-corrected chi connectivity index (χ2v) is 6.56. The highest BCUT2D eigenvalue weighted by Gasteiger charge is 2.33. The zero-order chi connectivity index (χ0) is 21.7. The maximum atomic E-state index is 13.2. The fourth-order valence-electron chi connectivity index (χ4n) is 3.37. The molecule has 3 N–H and O–H groups in total. The van der Waals surface area contributed by atoms with Gasteiger partial charge in [0.2, 0.25) is 0 Å². The van der Waals surface area contributed by atoms with Gasteiger partial charge < -0.3 is 30.2 Å². The Morgan fingerprint density at radius 2 is 1.83 bits per heavy atom. The molecule has 2 aromatic rings. The lowest BCUT2D eigenvalue weighted by Gasteiger charge is -2.30. The first-order valence-corrected chi connectivity index (χ1v) is 9.51. The van der Waals surface area contributed by atoms with E-state index in [0.29, 0.717) is 40.6 Å². The van der Waals surface area contributed by atoms with Crippen molar-refractivity contribution >= 4 is 17.6 Å². The van der Waals surface area contributed by atoms with Crippen LogP contribution >= 0.6 is 0 Å². The van der Waals surface area contributed by atoms with Crippen LogP contribution in [0, 0.1) is 0 Å². The molecule has 0 fully saturated rings. The molecule has 2 aromatic carbocycles. The molecule has 3 amide bonds. The van der Waals surface area contributed by atoms with Crippen molar-refractivity contribution < 1.29 is 23.8 Å². The first-order valence-electron chi connectivity index (χ1n) is 9.51. The van der Waals surface area contributed by atoms with Gasteiger partial charge in [0.1, 0.15) is 5.75 Å². The molecule has 0 radical (unpaired) electrons. The van der Waals surface area contributed by atoms with Crippen LogP contribution < -0.4 is 30.2 Å². The number of benzene rings is 2. The van der Waals surface area contributed by atoms with E-state index in [1.165, 1.54) is 14.2 Å². The molecule has 1 atom stereocenters. The van der Waals surface area contributed by atoms with E-state index in [1.807, 2.05) is 6.92 Å². The van der Waals surface area contributed by atoms with Crippen molar-refractivity contribution in [3.63, 3.8) is 0 Å². The van der Waals surface area contributed by atoms with Gasteiger partial charge in [-0.25, -0.2) is 4.79 Å². The Kier molecular flexibility index (Phi) is 6.46. The Hall–Kier alpha value is -3.68. The average Bonchev–Trinajstić information content (AvgIpc) is 2.73. The summed E-state index contributed by atoms with van der Waals surface area (Å²) < 4.78 is 16.3. The van der Waals surface area contributed by atoms with Gasteiger partial charge in [-0.05, 0) is 44.2 Å². The standard InChI is InChI=1S/C22H25N3O5/c1-5-30-15-11-9-14(10-12-15)24-21(26)18-13(2)23-22(27)25-19(18)16-7-6-8-17(28-3)20(16)29-4/h6-12,19H,5H2,1-4H3,(H,24,26)(H2,23,25,27)/t19-/m0/s1. The minimum absolute atomic E-state index is 0.348. The Labute approximate surface area is 175 Å². The summed E-state index contributed by atoms with van der Waals surface area (Å²) in [6.07, 6.45) is 0. The summed E-state index contributed by atoms with van der Waals surface area (Å²) in [7, 11) is 3.05. The summed E-state index contributed by atoms with van der Waals surface area (Å²) in [5.41, 5.74) is 2.05. The summed E-state index contributed by atoms with van der Waals surface area (Å²) in [5, 5.41) is 8.35. The molecule has 0 spiro atoms. The number of hydrogen-bond acceptors (Lipinski definition) is 5. The number of amides is 3. The number of ether oxygens (including phenoxy) is 3. The SMILES string of the molecule is CCOc1ccc(NC(=O)C2=C(C)NC(=O)N[C@H]2c2cccc(OC)c2OC)cc1. The van der Waals surface area contributed by atoms with E-state index in [2.05, 4.69) is 16.0 Å². The molecule has 0 aromatic heterocycles. The van der Waals surface area contributed by atoms with Crippen LogP contribution in [-0.2, 0) is 4.79 Å². The summed E-state index contributed by atoms with van der Waals surface area (Å²) in [4.78, 5) is 25.3. The lowest BCUT2D eigenvalue weighted by atomic mass is 9.93. The molecule has 1 aliphatic rings. The number of hydrogen-bond donors (Lipinski definition) is 3.